The number of methoxy groups -OCH3 is 1. The van der Waals surface area contributed by atoms with E-state index in [0.717, 1.165) is 4.47 Å². The van der Waals surface area contributed by atoms with Gasteiger partial charge in [-0.1, -0.05) is 12.1 Å². The van der Waals surface area contributed by atoms with Crippen molar-refractivity contribution in [2.45, 2.75) is 12.5 Å². The lowest BCUT2D eigenvalue weighted by Gasteiger charge is -2.22. The van der Waals surface area contributed by atoms with Crippen molar-refractivity contribution in [2.75, 3.05) is 7.11 Å². The van der Waals surface area contributed by atoms with Gasteiger partial charge in [-0.05, 0) is 46.6 Å². The average Bonchev–Trinajstić information content (AvgIpc) is 2.76. The van der Waals surface area contributed by atoms with Crippen molar-refractivity contribution in [3.05, 3.63) is 52.4 Å². The summed E-state index contributed by atoms with van der Waals surface area (Å²) in [5, 5.41) is 10.6. The van der Waals surface area contributed by atoms with Gasteiger partial charge in [-0.3, -0.25) is 0 Å². The standard InChI is InChI=1S/C13H13BrO3/c1-13(15,12-11(14)6-7-17-12)9-4-3-5-10(8-9)16-2/h3-8,15H,1-2H3. The number of hydrogen-bond donors (Lipinski definition) is 1. The molecular weight excluding hydrogens is 284 g/mol. The van der Waals surface area contributed by atoms with Crippen LogP contribution in [0.3, 0.4) is 0 Å². The SMILES string of the molecule is COc1cccc(C(C)(O)c2occc2Br)c1. The number of hydrogen-bond acceptors (Lipinski definition) is 3. The summed E-state index contributed by atoms with van der Waals surface area (Å²) in [5.41, 5.74) is -0.482. The minimum atomic E-state index is -1.20. The molecule has 1 heterocycles. The smallest absolute Gasteiger partial charge is 0.153 e. The maximum absolute atomic E-state index is 10.6. The molecule has 0 spiro atoms. The van der Waals surface area contributed by atoms with E-state index in [9.17, 15) is 5.11 Å². The molecule has 90 valence electrons. The fourth-order valence-electron chi connectivity index (χ4n) is 1.70. The highest BCUT2D eigenvalue weighted by atomic mass is 79.9. The van der Waals surface area contributed by atoms with Crippen molar-refractivity contribution in [3.8, 4) is 5.75 Å². The largest absolute Gasteiger partial charge is 0.497 e. The van der Waals surface area contributed by atoms with Gasteiger partial charge in [0.15, 0.2) is 5.76 Å². The van der Waals surface area contributed by atoms with Gasteiger partial charge in [0.05, 0.1) is 17.8 Å². The molecule has 0 amide bonds. The lowest BCUT2D eigenvalue weighted by Crippen LogP contribution is -2.22. The van der Waals surface area contributed by atoms with Crippen LogP contribution < -0.4 is 4.74 Å². The van der Waals surface area contributed by atoms with Crippen LogP contribution in [-0.2, 0) is 5.60 Å². The molecule has 0 saturated heterocycles. The van der Waals surface area contributed by atoms with Crippen molar-refractivity contribution in [1.29, 1.82) is 0 Å². The van der Waals surface area contributed by atoms with E-state index in [1.165, 1.54) is 6.26 Å². The third-order valence-corrected chi connectivity index (χ3v) is 3.32. The summed E-state index contributed by atoms with van der Waals surface area (Å²) in [6, 6.07) is 9.03. The molecular formula is C13H13BrO3. The zero-order chi connectivity index (χ0) is 12.5. The molecule has 4 heteroatoms. The van der Waals surface area contributed by atoms with Crippen LogP contribution in [0.2, 0.25) is 0 Å². The monoisotopic (exact) mass is 296 g/mol. The number of ether oxygens (including phenoxy) is 1. The van der Waals surface area contributed by atoms with Crippen LogP contribution in [0.25, 0.3) is 0 Å². The summed E-state index contributed by atoms with van der Waals surface area (Å²) in [6.45, 7) is 1.69. The van der Waals surface area contributed by atoms with Gasteiger partial charge in [0, 0.05) is 0 Å². The van der Waals surface area contributed by atoms with E-state index in [0.29, 0.717) is 17.1 Å². The molecule has 0 fully saturated rings. The summed E-state index contributed by atoms with van der Waals surface area (Å²) in [4.78, 5) is 0. The van der Waals surface area contributed by atoms with Gasteiger partial charge >= 0.3 is 0 Å². The molecule has 17 heavy (non-hydrogen) atoms. The Morgan fingerprint density at radius 3 is 2.71 bits per heavy atom. The highest BCUT2D eigenvalue weighted by Gasteiger charge is 2.31. The van der Waals surface area contributed by atoms with Gasteiger partial charge in [-0.25, -0.2) is 0 Å². The lowest BCUT2D eigenvalue weighted by molar-refractivity contribution is 0.0755. The van der Waals surface area contributed by atoms with Gasteiger partial charge in [0.2, 0.25) is 0 Å². The highest BCUT2D eigenvalue weighted by molar-refractivity contribution is 9.10. The van der Waals surface area contributed by atoms with E-state index in [-0.39, 0.29) is 0 Å². The van der Waals surface area contributed by atoms with Crippen molar-refractivity contribution >= 4 is 15.9 Å². The minimum Gasteiger partial charge on any atom is -0.497 e. The Labute approximate surface area is 108 Å². The van der Waals surface area contributed by atoms with Crippen LogP contribution in [0.5, 0.6) is 5.75 Å². The van der Waals surface area contributed by atoms with E-state index < -0.39 is 5.60 Å². The van der Waals surface area contributed by atoms with Gasteiger partial charge in [-0.2, -0.15) is 0 Å². The third-order valence-electron chi connectivity index (χ3n) is 2.69. The number of halogens is 1. The minimum absolute atomic E-state index is 0.478. The Kier molecular flexibility index (Phi) is 3.26. The second-order valence-corrected chi connectivity index (χ2v) is 4.76. The molecule has 1 aromatic heterocycles. The van der Waals surface area contributed by atoms with Gasteiger partial charge in [0.25, 0.3) is 0 Å². The van der Waals surface area contributed by atoms with Crippen LogP contribution in [-0.4, -0.2) is 12.2 Å². The first-order valence-electron chi connectivity index (χ1n) is 5.16. The van der Waals surface area contributed by atoms with E-state index in [2.05, 4.69) is 15.9 Å². The molecule has 0 saturated carbocycles. The second kappa shape index (κ2) is 4.55. The summed E-state index contributed by atoms with van der Waals surface area (Å²) in [6.07, 6.45) is 1.54. The molecule has 0 aliphatic rings. The zero-order valence-corrected chi connectivity index (χ0v) is 11.2. The van der Waals surface area contributed by atoms with Crippen molar-refractivity contribution < 1.29 is 14.3 Å². The van der Waals surface area contributed by atoms with Crippen molar-refractivity contribution in [3.63, 3.8) is 0 Å². The summed E-state index contributed by atoms with van der Waals surface area (Å²) >= 11 is 3.35. The molecule has 1 unspecified atom stereocenters. The van der Waals surface area contributed by atoms with Crippen LogP contribution in [0, 0.1) is 0 Å². The Bertz CT molecular complexity index is 517. The van der Waals surface area contributed by atoms with E-state index >= 15 is 0 Å². The maximum Gasteiger partial charge on any atom is 0.153 e. The van der Waals surface area contributed by atoms with Gasteiger partial charge in [0.1, 0.15) is 11.4 Å². The maximum atomic E-state index is 10.6. The summed E-state index contributed by atoms with van der Waals surface area (Å²) in [7, 11) is 1.59. The Balaban J connectivity index is 2.47. The van der Waals surface area contributed by atoms with E-state index in [1.807, 2.05) is 18.2 Å². The van der Waals surface area contributed by atoms with Gasteiger partial charge in [-0.15, -0.1) is 0 Å². The average molecular weight is 297 g/mol. The third kappa shape index (κ3) is 2.23. The molecule has 0 aliphatic heterocycles. The van der Waals surface area contributed by atoms with Crippen LogP contribution in [0.4, 0.5) is 0 Å². The first-order chi connectivity index (χ1) is 8.05. The Morgan fingerprint density at radius 2 is 2.12 bits per heavy atom. The number of aliphatic hydroxyl groups is 1. The molecule has 1 N–H and O–H groups in total. The fraction of sp³-hybridized carbons (Fsp3) is 0.231. The van der Waals surface area contributed by atoms with Crippen LogP contribution in [0.1, 0.15) is 18.2 Å². The quantitative estimate of drug-likeness (QED) is 0.945. The number of rotatable bonds is 3. The normalized spacial score (nSPS) is 14.4. The van der Waals surface area contributed by atoms with E-state index in [1.54, 1.807) is 26.2 Å². The Morgan fingerprint density at radius 1 is 1.35 bits per heavy atom. The highest BCUT2D eigenvalue weighted by Crippen LogP contribution is 2.35. The summed E-state index contributed by atoms with van der Waals surface area (Å²) in [5.74, 6) is 1.18. The van der Waals surface area contributed by atoms with Crippen molar-refractivity contribution in [1.82, 2.24) is 0 Å². The predicted octanol–water partition coefficient (Wildman–Crippen LogP) is 3.31. The van der Waals surface area contributed by atoms with Crippen LogP contribution >= 0.6 is 15.9 Å². The first-order valence-corrected chi connectivity index (χ1v) is 5.95. The molecule has 3 nitrogen and oxygen atoms in total. The lowest BCUT2D eigenvalue weighted by atomic mass is 9.93. The molecule has 2 rings (SSSR count). The fourth-order valence-corrected chi connectivity index (χ4v) is 2.29. The molecule has 2 aromatic rings. The Hall–Kier alpha value is -1.26. The van der Waals surface area contributed by atoms with Gasteiger partial charge < -0.3 is 14.3 Å². The molecule has 1 aromatic carbocycles. The van der Waals surface area contributed by atoms with Crippen LogP contribution in [0.15, 0.2) is 45.5 Å². The topological polar surface area (TPSA) is 42.6 Å². The zero-order valence-electron chi connectivity index (χ0n) is 9.61. The molecule has 0 radical (unpaired) electrons. The molecule has 0 aliphatic carbocycles. The predicted molar refractivity (Wildman–Crippen MR) is 68.1 cm³/mol. The second-order valence-electron chi connectivity index (χ2n) is 3.90. The van der Waals surface area contributed by atoms with Crippen molar-refractivity contribution in [2.24, 2.45) is 0 Å². The summed E-state index contributed by atoms with van der Waals surface area (Å²) < 4.78 is 11.2. The number of furan rings is 1. The van der Waals surface area contributed by atoms with E-state index in [4.69, 9.17) is 9.15 Å². The first kappa shape index (κ1) is 12.2. The molecule has 1 atom stereocenters. The number of benzene rings is 1. The molecule has 0 bridgehead atoms.